The summed E-state index contributed by atoms with van der Waals surface area (Å²) in [6.07, 6.45) is 2.02. The van der Waals surface area contributed by atoms with Crippen molar-refractivity contribution in [3.05, 3.63) is 0 Å². The van der Waals surface area contributed by atoms with Crippen LogP contribution in [0.1, 0.15) is 41.0 Å². The predicted molar refractivity (Wildman–Crippen MR) is 92.6 cm³/mol. The molecule has 1 rings (SSSR count). The standard InChI is InChI=1S/C15H32N4O2S/c1-8-18(22(7,20)21)11-9-10-17-13(16-6)19-12-14(2,3)15(19,4)5/h8-12H2,1-7H3,(H,16,17). The Morgan fingerprint density at radius 1 is 1.32 bits per heavy atom. The van der Waals surface area contributed by atoms with E-state index < -0.39 is 10.0 Å². The van der Waals surface area contributed by atoms with E-state index in [1.54, 1.807) is 7.05 Å². The quantitative estimate of drug-likeness (QED) is 0.453. The summed E-state index contributed by atoms with van der Waals surface area (Å²) < 4.78 is 24.6. The predicted octanol–water partition coefficient (Wildman–Crippen LogP) is 1.35. The van der Waals surface area contributed by atoms with Gasteiger partial charge in [0.05, 0.1) is 6.26 Å². The average molecular weight is 333 g/mol. The lowest BCUT2D eigenvalue weighted by atomic mass is 9.65. The van der Waals surface area contributed by atoms with Gasteiger partial charge in [0.25, 0.3) is 0 Å². The van der Waals surface area contributed by atoms with Crippen molar-refractivity contribution in [1.82, 2.24) is 14.5 Å². The van der Waals surface area contributed by atoms with E-state index >= 15 is 0 Å². The second-order valence-electron chi connectivity index (χ2n) is 7.11. The first kappa shape index (κ1) is 19.2. The summed E-state index contributed by atoms with van der Waals surface area (Å²) >= 11 is 0. The Labute approximate surface area is 136 Å². The fourth-order valence-corrected chi connectivity index (χ4v) is 3.64. The lowest BCUT2D eigenvalue weighted by Gasteiger charge is -2.62. The van der Waals surface area contributed by atoms with Gasteiger partial charge in [-0.3, -0.25) is 4.99 Å². The fourth-order valence-electron chi connectivity index (χ4n) is 2.71. The minimum Gasteiger partial charge on any atom is -0.356 e. The third-order valence-electron chi connectivity index (χ3n) is 5.04. The van der Waals surface area contributed by atoms with Crippen molar-refractivity contribution in [2.24, 2.45) is 10.4 Å². The van der Waals surface area contributed by atoms with Crippen LogP contribution in [0.25, 0.3) is 0 Å². The van der Waals surface area contributed by atoms with Gasteiger partial charge >= 0.3 is 0 Å². The molecule has 0 radical (unpaired) electrons. The van der Waals surface area contributed by atoms with Crippen molar-refractivity contribution in [2.45, 2.75) is 46.6 Å². The number of sulfonamides is 1. The van der Waals surface area contributed by atoms with Crippen LogP contribution >= 0.6 is 0 Å². The third-order valence-corrected chi connectivity index (χ3v) is 6.42. The molecule has 1 fully saturated rings. The van der Waals surface area contributed by atoms with Gasteiger partial charge in [-0.25, -0.2) is 12.7 Å². The number of likely N-dealkylation sites (tertiary alicyclic amines) is 1. The Hall–Kier alpha value is -0.820. The van der Waals surface area contributed by atoms with Crippen LogP contribution < -0.4 is 5.32 Å². The van der Waals surface area contributed by atoms with E-state index in [1.165, 1.54) is 10.6 Å². The molecule has 1 aliphatic rings. The summed E-state index contributed by atoms with van der Waals surface area (Å²) in [6, 6.07) is 0. The molecule has 6 nitrogen and oxygen atoms in total. The SMILES string of the molecule is CCN(CCCNC(=NC)N1CC(C)(C)C1(C)C)S(C)(=O)=O. The van der Waals surface area contributed by atoms with Gasteiger partial charge in [-0.2, -0.15) is 0 Å². The topological polar surface area (TPSA) is 65.0 Å². The smallest absolute Gasteiger partial charge is 0.211 e. The largest absolute Gasteiger partial charge is 0.356 e. The maximum absolute atomic E-state index is 11.5. The molecule has 1 N–H and O–H groups in total. The number of aliphatic imine (C=N–C) groups is 1. The maximum Gasteiger partial charge on any atom is 0.211 e. The summed E-state index contributed by atoms with van der Waals surface area (Å²) in [7, 11) is -1.31. The molecule has 130 valence electrons. The van der Waals surface area contributed by atoms with Crippen molar-refractivity contribution in [3.8, 4) is 0 Å². The summed E-state index contributed by atoms with van der Waals surface area (Å²) in [5.41, 5.74) is 0.330. The Bertz CT molecular complexity index is 512. The lowest BCUT2D eigenvalue weighted by molar-refractivity contribution is -0.0667. The molecule has 7 heteroatoms. The van der Waals surface area contributed by atoms with Crippen LogP contribution in [0.3, 0.4) is 0 Å². The molecule has 0 saturated carbocycles. The van der Waals surface area contributed by atoms with Gasteiger partial charge in [0.15, 0.2) is 5.96 Å². The van der Waals surface area contributed by atoms with E-state index in [9.17, 15) is 8.42 Å². The van der Waals surface area contributed by atoms with Crippen LogP contribution in [0.4, 0.5) is 0 Å². The van der Waals surface area contributed by atoms with Crippen molar-refractivity contribution < 1.29 is 8.42 Å². The molecule has 0 spiro atoms. The number of nitrogens with zero attached hydrogens (tertiary/aromatic N) is 3. The summed E-state index contributed by atoms with van der Waals surface area (Å²) in [6.45, 7) is 13.6. The summed E-state index contributed by atoms with van der Waals surface area (Å²) in [5.74, 6) is 0.895. The molecule has 1 saturated heterocycles. The second kappa shape index (κ2) is 6.74. The van der Waals surface area contributed by atoms with Crippen LogP contribution in [0.2, 0.25) is 0 Å². The maximum atomic E-state index is 11.5. The lowest BCUT2D eigenvalue weighted by Crippen LogP contribution is -2.72. The van der Waals surface area contributed by atoms with Crippen molar-refractivity contribution >= 4 is 16.0 Å². The molecule has 0 aliphatic carbocycles. The first-order chi connectivity index (χ1) is 9.97. The van der Waals surface area contributed by atoms with Crippen LogP contribution in [0.5, 0.6) is 0 Å². The van der Waals surface area contributed by atoms with E-state index in [-0.39, 0.29) is 11.0 Å². The molecular weight excluding hydrogens is 300 g/mol. The number of rotatable bonds is 6. The molecular formula is C15H32N4O2S. The highest BCUT2D eigenvalue weighted by Crippen LogP contribution is 2.46. The molecule has 0 unspecified atom stereocenters. The number of guanidine groups is 1. The van der Waals surface area contributed by atoms with Crippen molar-refractivity contribution in [2.75, 3.05) is 39.5 Å². The second-order valence-corrected chi connectivity index (χ2v) is 9.09. The monoisotopic (exact) mass is 332 g/mol. The van der Waals surface area contributed by atoms with Gasteiger partial charge in [0, 0.05) is 44.2 Å². The van der Waals surface area contributed by atoms with Gasteiger partial charge in [0.2, 0.25) is 10.0 Å². The first-order valence-electron chi connectivity index (χ1n) is 7.91. The Kier molecular flexibility index (Phi) is 5.89. The highest BCUT2D eigenvalue weighted by molar-refractivity contribution is 7.88. The number of hydrogen-bond acceptors (Lipinski definition) is 3. The number of nitrogens with one attached hydrogen (secondary N) is 1. The first-order valence-corrected chi connectivity index (χ1v) is 9.75. The Morgan fingerprint density at radius 2 is 1.91 bits per heavy atom. The molecule has 0 atom stereocenters. The van der Waals surface area contributed by atoms with Crippen LogP contribution in [-0.4, -0.2) is 68.6 Å². The molecule has 0 aromatic heterocycles. The van der Waals surface area contributed by atoms with Gasteiger partial charge in [0.1, 0.15) is 0 Å². The van der Waals surface area contributed by atoms with Crippen LogP contribution in [-0.2, 0) is 10.0 Å². The molecule has 0 bridgehead atoms. The van der Waals surface area contributed by atoms with E-state index in [2.05, 4.69) is 42.9 Å². The Balaban J connectivity index is 2.48. The van der Waals surface area contributed by atoms with Gasteiger partial charge < -0.3 is 10.2 Å². The molecule has 0 aromatic carbocycles. The normalized spacial score (nSPS) is 20.9. The van der Waals surface area contributed by atoms with Crippen molar-refractivity contribution in [1.29, 1.82) is 0 Å². The van der Waals surface area contributed by atoms with Crippen LogP contribution in [0, 0.1) is 5.41 Å². The van der Waals surface area contributed by atoms with E-state index in [0.717, 1.165) is 18.9 Å². The highest BCUT2D eigenvalue weighted by Gasteiger charge is 2.53. The van der Waals surface area contributed by atoms with Crippen LogP contribution in [0.15, 0.2) is 4.99 Å². The molecule has 1 aliphatic heterocycles. The summed E-state index contributed by atoms with van der Waals surface area (Å²) in [4.78, 5) is 6.64. The zero-order valence-corrected chi connectivity index (χ0v) is 15.9. The molecule has 1 heterocycles. The third kappa shape index (κ3) is 3.93. The highest BCUT2D eigenvalue weighted by atomic mass is 32.2. The molecule has 0 aromatic rings. The Morgan fingerprint density at radius 3 is 2.27 bits per heavy atom. The molecule has 22 heavy (non-hydrogen) atoms. The zero-order chi connectivity index (χ0) is 17.2. The minimum atomic E-state index is -3.10. The van der Waals surface area contributed by atoms with Gasteiger partial charge in [-0.15, -0.1) is 0 Å². The number of hydrogen-bond donors (Lipinski definition) is 1. The minimum absolute atomic E-state index is 0.0665. The van der Waals surface area contributed by atoms with Gasteiger partial charge in [-0.1, -0.05) is 20.8 Å². The van der Waals surface area contributed by atoms with Crippen molar-refractivity contribution in [3.63, 3.8) is 0 Å². The van der Waals surface area contributed by atoms with E-state index in [4.69, 9.17) is 0 Å². The molecule has 0 amide bonds. The van der Waals surface area contributed by atoms with Gasteiger partial charge in [-0.05, 0) is 20.3 Å². The fraction of sp³-hybridized carbons (Fsp3) is 0.933. The van der Waals surface area contributed by atoms with E-state index in [1.807, 2.05) is 6.92 Å². The van der Waals surface area contributed by atoms with E-state index in [0.29, 0.717) is 19.6 Å². The zero-order valence-electron chi connectivity index (χ0n) is 15.1. The average Bonchev–Trinajstić information content (AvgIpc) is 2.39. The summed E-state index contributed by atoms with van der Waals surface area (Å²) in [5, 5.41) is 3.35.